The van der Waals surface area contributed by atoms with Crippen LogP contribution in [-0.4, -0.2) is 29.0 Å². The second kappa shape index (κ2) is 4.16. The molecule has 0 spiro atoms. The van der Waals surface area contributed by atoms with Crippen LogP contribution in [0.15, 0.2) is 46.3 Å². The molecule has 0 amide bonds. The zero-order chi connectivity index (χ0) is 14.3. The molecule has 0 aliphatic heterocycles. The van der Waals surface area contributed by atoms with Crippen molar-refractivity contribution < 1.29 is 0 Å². The Kier molecular flexibility index (Phi) is 2.30. The first-order valence-electron chi connectivity index (χ1n) is 7.61. The molecule has 2 aliphatic rings. The van der Waals surface area contributed by atoms with Gasteiger partial charge in [0.1, 0.15) is 0 Å². The molecule has 2 aromatic carbocycles. The van der Waals surface area contributed by atoms with E-state index < -0.39 is 0 Å². The monoisotopic (exact) mass is 412 g/mol. The van der Waals surface area contributed by atoms with Crippen molar-refractivity contribution >= 4 is 39.8 Å². The molecule has 0 radical (unpaired) electrons. The molecule has 0 bridgehead atoms. The van der Waals surface area contributed by atoms with Crippen molar-refractivity contribution in [3.63, 3.8) is 0 Å². The molecule has 0 nitrogen and oxygen atoms in total. The van der Waals surface area contributed by atoms with E-state index in [1.807, 2.05) is 0 Å². The van der Waals surface area contributed by atoms with Gasteiger partial charge in [0.15, 0.2) is 0 Å². The number of rotatable bonds is 0. The molecule has 22 heavy (non-hydrogen) atoms. The van der Waals surface area contributed by atoms with Gasteiger partial charge >= 0.3 is 141 Å². The van der Waals surface area contributed by atoms with E-state index in [0.717, 1.165) is 12.8 Å². The number of hydrogen-bond donors (Lipinski definition) is 0. The van der Waals surface area contributed by atoms with Gasteiger partial charge in [-0.25, -0.2) is 0 Å². The van der Waals surface area contributed by atoms with Crippen LogP contribution >= 0.6 is 0 Å². The first-order chi connectivity index (χ1) is 10.9. The van der Waals surface area contributed by atoms with E-state index in [-0.39, 0.29) is 0 Å². The number of benzene rings is 2. The first kappa shape index (κ1) is 12.2. The van der Waals surface area contributed by atoms with Crippen LogP contribution in [0.2, 0.25) is 0 Å². The van der Waals surface area contributed by atoms with Gasteiger partial charge in [-0.05, 0) is 0 Å². The Bertz CT molecular complexity index is 991. The summed E-state index contributed by atoms with van der Waals surface area (Å²) in [6.07, 6.45) is 2.27. The predicted molar refractivity (Wildman–Crippen MR) is 94.3 cm³/mol. The van der Waals surface area contributed by atoms with Crippen molar-refractivity contribution in [2.75, 3.05) is 0 Å². The molecule has 2 heteroatoms. The SMILES string of the molecule is c1cc2c([se]1)-c1ccc3c4c(ccc(c14)C2)-c1[se]ccc1C3. The summed E-state index contributed by atoms with van der Waals surface area (Å²) in [5.74, 6) is 0. The number of hydrogen-bond acceptors (Lipinski definition) is 0. The fraction of sp³-hybridized carbons (Fsp3) is 0.100. The minimum absolute atomic E-state index is 0.533. The van der Waals surface area contributed by atoms with Crippen molar-refractivity contribution in [1.29, 1.82) is 0 Å². The van der Waals surface area contributed by atoms with Crippen LogP contribution in [0.3, 0.4) is 0 Å². The average molecular weight is 410 g/mol. The third-order valence-corrected chi connectivity index (χ3v) is 9.23. The third kappa shape index (κ3) is 1.40. The maximum atomic E-state index is 2.41. The molecular weight excluding hydrogens is 398 g/mol. The number of fused-ring (bicyclic) bond motifs is 4. The Balaban J connectivity index is 1.84. The van der Waals surface area contributed by atoms with Gasteiger partial charge in [-0.3, -0.25) is 0 Å². The zero-order valence-corrected chi connectivity index (χ0v) is 15.3. The summed E-state index contributed by atoms with van der Waals surface area (Å²) < 4.78 is 3.28. The average Bonchev–Trinajstić information content (AvgIpc) is 3.19. The van der Waals surface area contributed by atoms with Crippen LogP contribution in [0.4, 0.5) is 0 Å². The van der Waals surface area contributed by atoms with Gasteiger partial charge in [-0.2, -0.15) is 0 Å². The summed E-state index contributed by atoms with van der Waals surface area (Å²) in [4.78, 5) is 4.78. The molecule has 2 heterocycles. The molecule has 0 atom stereocenters. The van der Waals surface area contributed by atoms with E-state index in [1.54, 1.807) is 41.9 Å². The summed E-state index contributed by atoms with van der Waals surface area (Å²) in [6.45, 7) is 0. The quantitative estimate of drug-likeness (QED) is 0.331. The Morgan fingerprint density at radius 2 is 1.05 bits per heavy atom. The molecule has 0 saturated heterocycles. The second-order valence-corrected chi connectivity index (χ2v) is 10.0. The second-order valence-electron chi connectivity index (χ2n) is 6.20. The van der Waals surface area contributed by atoms with Crippen LogP contribution in [0.1, 0.15) is 22.3 Å². The predicted octanol–water partition coefficient (Wildman–Crippen LogP) is 4.10. The Hall–Kier alpha value is -1.30. The summed E-state index contributed by atoms with van der Waals surface area (Å²) in [7, 11) is 0. The normalized spacial score (nSPS) is 14.0. The molecule has 0 saturated carbocycles. The molecule has 2 aromatic heterocycles. The van der Waals surface area contributed by atoms with Crippen molar-refractivity contribution in [2.24, 2.45) is 0 Å². The van der Waals surface area contributed by atoms with Crippen molar-refractivity contribution in [3.05, 3.63) is 68.5 Å². The van der Waals surface area contributed by atoms with Crippen molar-refractivity contribution in [2.45, 2.75) is 12.8 Å². The Labute approximate surface area is 140 Å². The Morgan fingerprint density at radius 3 is 1.55 bits per heavy atom. The summed E-state index contributed by atoms with van der Waals surface area (Å²) in [5, 5.41) is 3.15. The molecular formula is C20H12Se2. The van der Waals surface area contributed by atoms with Gasteiger partial charge in [0.25, 0.3) is 0 Å². The van der Waals surface area contributed by atoms with Gasteiger partial charge in [-0.15, -0.1) is 0 Å². The van der Waals surface area contributed by atoms with E-state index in [4.69, 9.17) is 0 Å². The van der Waals surface area contributed by atoms with Gasteiger partial charge in [0.05, 0.1) is 0 Å². The maximum absolute atomic E-state index is 2.41. The molecule has 0 unspecified atom stereocenters. The molecule has 104 valence electrons. The Morgan fingerprint density at radius 1 is 0.545 bits per heavy atom. The van der Waals surface area contributed by atoms with E-state index in [9.17, 15) is 0 Å². The summed E-state index contributed by atoms with van der Waals surface area (Å²) >= 11 is 1.07. The van der Waals surface area contributed by atoms with Crippen LogP contribution in [-0.2, 0) is 12.8 Å². The van der Waals surface area contributed by atoms with E-state index in [2.05, 4.69) is 46.3 Å². The standard InChI is InChI=1S/C20H12Se2/c1-3-15-18-12(10-14-6-8-21-19(14)15)2-4-16-17(18)11(1)9-13-5-7-22-20(13)16/h1-8H,9-10H2. The van der Waals surface area contributed by atoms with Crippen molar-refractivity contribution in [1.82, 2.24) is 0 Å². The van der Waals surface area contributed by atoms with Gasteiger partial charge < -0.3 is 0 Å². The van der Waals surface area contributed by atoms with Gasteiger partial charge in [0.2, 0.25) is 0 Å². The zero-order valence-electron chi connectivity index (χ0n) is 11.8. The summed E-state index contributed by atoms with van der Waals surface area (Å²) in [6, 6.07) is 14.3. The van der Waals surface area contributed by atoms with E-state index >= 15 is 0 Å². The molecule has 4 aromatic rings. The van der Waals surface area contributed by atoms with E-state index in [1.165, 1.54) is 11.1 Å². The fourth-order valence-corrected chi connectivity index (χ4v) is 8.16. The van der Waals surface area contributed by atoms with Crippen LogP contribution < -0.4 is 0 Å². The van der Waals surface area contributed by atoms with Gasteiger partial charge in [-0.1, -0.05) is 0 Å². The molecule has 6 rings (SSSR count). The molecule has 2 aliphatic carbocycles. The first-order valence-corrected chi connectivity index (χ1v) is 11.3. The summed E-state index contributed by atoms with van der Waals surface area (Å²) in [5.41, 5.74) is 9.28. The van der Waals surface area contributed by atoms with Crippen LogP contribution in [0.5, 0.6) is 0 Å². The van der Waals surface area contributed by atoms with E-state index in [0.29, 0.717) is 29.0 Å². The minimum atomic E-state index is 0.533. The fourth-order valence-electron chi connectivity index (χ4n) is 4.14. The van der Waals surface area contributed by atoms with Crippen molar-refractivity contribution in [3.8, 4) is 20.0 Å². The third-order valence-electron chi connectivity index (χ3n) is 5.08. The van der Waals surface area contributed by atoms with Crippen LogP contribution in [0, 0.1) is 0 Å². The van der Waals surface area contributed by atoms with Gasteiger partial charge in [0, 0.05) is 0 Å². The van der Waals surface area contributed by atoms with Crippen LogP contribution in [0.25, 0.3) is 30.8 Å². The molecule has 0 fully saturated rings. The topological polar surface area (TPSA) is 0 Å². The molecule has 0 N–H and O–H groups in total.